The number of nitro groups is 1. The number of halogens is 3. The van der Waals surface area contributed by atoms with Crippen LogP contribution in [0.25, 0.3) is 0 Å². The molecule has 0 aromatic carbocycles. The third-order valence-electron chi connectivity index (χ3n) is 2.04. The Balaban J connectivity index is 3.29. The van der Waals surface area contributed by atoms with Gasteiger partial charge in [0.2, 0.25) is 0 Å². The molecule has 1 aromatic rings. The summed E-state index contributed by atoms with van der Waals surface area (Å²) >= 11 is 1.55. The fourth-order valence-electron chi connectivity index (χ4n) is 1.20. The van der Waals surface area contributed by atoms with Gasteiger partial charge in [-0.1, -0.05) is 0 Å². The SMILES string of the molecule is COC(=O)Cc1nc(I)c([N+](=O)[O-])cc1C(F)F. The van der Waals surface area contributed by atoms with Gasteiger partial charge in [0.05, 0.1) is 24.1 Å². The van der Waals surface area contributed by atoms with E-state index >= 15 is 0 Å². The summed E-state index contributed by atoms with van der Waals surface area (Å²) in [6.07, 6.45) is -3.41. The average Bonchev–Trinajstić information content (AvgIpc) is 2.27. The molecule has 0 aliphatic carbocycles. The Morgan fingerprint density at radius 1 is 1.67 bits per heavy atom. The molecule has 6 nitrogen and oxygen atoms in total. The lowest BCUT2D eigenvalue weighted by molar-refractivity contribution is -0.386. The maximum atomic E-state index is 12.7. The lowest BCUT2D eigenvalue weighted by atomic mass is 10.1. The van der Waals surface area contributed by atoms with Gasteiger partial charge in [0.25, 0.3) is 6.43 Å². The molecule has 0 aliphatic rings. The molecule has 0 saturated heterocycles. The minimum absolute atomic E-state index is 0.0547. The molecule has 0 unspecified atom stereocenters. The maximum Gasteiger partial charge on any atom is 0.311 e. The lowest BCUT2D eigenvalue weighted by Crippen LogP contribution is -2.11. The molecule has 0 N–H and O–H groups in total. The zero-order valence-electron chi connectivity index (χ0n) is 9.02. The molecule has 1 heterocycles. The number of hydrogen-bond donors (Lipinski definition) is 0. The second-order valence-electron chi connectivity index (χ2n) is 3.14. The first-order valence-electron chi connectivity index (χ1n) is 4.55. The molecule has 18 heavy (non-hydrogen) atoms. The molecular formula is C9H7F2IN2O4. The molecule has 98 valence electrons. The molecule has 0 spiro atoms. The van der Waals surface area contributed by atoms with E-state index in [9.17, 15) is 23.7 Å². The van der Waals surface area contributed by atoms with Gasteiger partial charge in [-0.05, 0) is 22.6 Å². The average molecular weight is 372 g/mol. The molecule has 0 amide bonds. The molecule has 0 radical (unpaired) electrons. The Morgan fingerprint density at radius 2 is 2.28 bits per heavy atom. The van der Waals surface area contributed by atoms with Gasteiger partial charge < -0.3 is 4.74 Å². The molecular weight excluding hydrogens is 365 g/mol. The summed E-state index contributed by atoms with van der Waals surface area (Å²) in [4.78, 5) is 24.5. The minimum atomic E-state index is -2.95. The predicted octanol–water partition coefficient (Wildman–Crippen LogP) is 2.25. The standard InChI is InChI=1S/C9H7F2IN2O4/c1-18-7(15)3-5-4(8(10)11)2-6(14(16)17)9(12)13-5/h2,8H,3H2,1H3. The van der Waals surface area contributed by atoms with Crippen molar-refractivity contribution in [1.82, 2.24) is 4.98 Å². The number of ether oxygens (including phenoxy) is 1. The van der Waals surface area contributed by atoms with Crippen molar-refractivity contribution in [3.05, 3.63) is 31.1 Å². The summed E-state index contributed by atoms with van der Waals surface area (Å²) in [6.45, 7) is 0. The van der Waals surface area contributed by atoms with Crippen LogP contribution in [0.15, 0.2) is 6.07 Å². The highest BCUT2D eigenvalue weighted by molar-refractivity contribution is 14.1. The summed E-state index contributed by atoms with van der Waals surface area (Å²) in [5.41, 5.74) is -1.36. The number of nitrogens with zero attached hydrogens (tertiary/aromatic N) is 2. The van der Waals surface area contributed by atoms with Crippen molar-refractivity contribution in [2.45, 2.75) is 12.8 Å². The van der Waals surface area contributed by atoms with Crippen LogP contribution in [0, 0.1) is 13.8 Å². The molecule has 0 fully saturated rings. The van der Waals surface area contributed by atoms with E-state index in [1.54, 1.807) is 22.6 Å². The van der Waals surface area contributed by atoms with Crippen molar-refractivity contribution < 1.29 is 23.2 Å². The molecule has 0 saturated carbocycles. The van der Waals surface area contributed by atoms with Gasteiger partial charge in [0.15, 0.2) is 3.70 Å². The van der Waals surface area contributed by atoms with Crippen LogP contribution < -0.4 is 0 Å². The van der Waals surface area contributed by atoms with Gasteiger partial charge in [-0.15, -0.1) is 0 Å². The number of carbonyl (C=O) groups excluding carboxylic acids is 1. The van der Waals surface area contributed by atoms with Crippen molar-refractivity contribution in [3.8, 4) is 0 Å². The first kappa shape index (κ1) is 14.7. The van der Waals surface area contributed by atoms with E-state index in [1.165, 1.54) is 0 Å². The Morgan fingerprint density at radius 3 is 2.72 bits per heavy atom. The van der Waals surface area contributed by atoms with Gasteiger partial charge in [-0.3, -0.25) is 14.9 Å². The molecule has 9 heteroatoms. The second-order valence-corrected chi connectivity index (χ2v) is 4.17. The number of rotatable bonds is 4. The Bertz CT molecular complexity index is 496. The molecule has 1 rings (SSSR count). The normalized spacial score (nSPS) is 10.5. The van der Waals surface area contributed by atoms with Crippen LogP contribution in [0.4, 0.5) is 14.5 Å². The highest BCUT2D eigenvalue weighted by atomic mass is 127. The number of alkyl halides is 2. The van der Waals surface area contributed by atoms with Crippen molar-refractivity contribution in [3.63, 3.8) is 0 Å². The van der Waals surface area contributed by atoms with Crippen molar-refractivity contribution in [2.75, 3.05) is 7.11 Å². The predicted molar refractivity (Wildman–Crippen MR) is 64.3 cm³/mol. The van der Waals surface area contributed by atoms with Crippen LogP contribution >= 0.6 is 22.6 Å². The van der Waals surface area contributed by atoms with Crippen LogP contribution in [0.3, 0.4) is 0 Å². The highest BCUT2D eigenvalue weighted by Gasteiger charge is 2.24. The molecule has 0 atom stereocenters. The summed E-state index contributed by atoms with van der Waals surface area (Å²) in [6, 6.07) is 0.734. The van der Waals surface area contributed by atoms with Crippen molar-refractivity contribution >= 4 is 34.2 Å². The molecule has 0 bridgehead atoms. The maximum absolute atomic E-state index is 12.7. The monoisotopic (exact) mass is 372 g/mol. The fourth-order valence-corrected chi connectivity index (χ4v) is 1.84. The fraction of sp³-hybridized carbons (Fsp3) is 0.333. The van der Waals surface area contributed by atoms with Crippen molar-refractivity contribution in [1.29, 1.82) is 0 Å². The zero-order valence-corrected chi connectivity index (χ0v) is 11.2. The van der Waals surface area contributed by atoms with E-state index in [-0.39, 0.29) is 9.39 Å². The molecule has 1 aromatic heterocycles. The van der Waals surface area contributed by atoms with Crippen LogP contribution in [-0.4, -0.2) is 23.0 Å². The third kappa shape index (κ3) is 3.31. The Labute approximate surface area is 114 Å². The summed E-state index contributed by atoms with van der Waals surface area (Å²) in [5.74, 6) is -0.742. The van der Waals surface area contributed by atoms with Crippen LogP contribution in [0.5, 0.6) is 0 Å². The van der Waals surface area contributed by atoms with E-state index in [1.807, 2.05) is 0 Å². The van der Waals surface area contributed by atoms with Crippen LogP contribution in [-0.2, 0) is 16.0 Å². The number of methoxy groups -OCH3 is 1. The van der Waals surface area contributed by atoms with Gasteiger partial charge in [-0.25, -0.2) is 13.8 Å². The Hall–Kier alpha value is -1.39. The van der Waals surface area contributed by atoms with E-state index in [0.29, 0.717) is 0 Å². The zero-order chi connectivity index (χ0) is 13.9. The number of pyridine rings is 1. The minimum Gasteiger partial charge on any atom is -0.469 e. The first-order chi connectivity index (χ1) is 8.36. The summed E-state index contributed by atoms with van der Waals surface area (Å²) in [5, 5.41) is 10.6. The Kier molecular flexibility index (Phi) is 4.87. The number of carbonyl (C=O) groups is 1. The smallest absolute Gasteiger partial charge is 0.311 e. The van der Waals surface area contributed by atoms with E-state index < -0.39 is 35.0 Å². The number of aromatic nitrogens is 1. The number of hydrogen-bond acceptors (Lipinski definition) is 5. The highest BCUT2D eigenvalue weighted by Crippen LogP contribution is 2.29. The van der Waals surface area contributed by atoms with Gasteiger partial charge in [-0.2, -0.15) is 0 Å². The second kappa shape index (κ2) is 5.98. The third-order valence-corrected chi connectivity index (χ3v) is 2.84. The van der Waals surface area contributed by atoms with E-state index in [2.05, 4.69) is 9.72 Å². The largest absolute Gasteiger partial charge is 0.469 e. The topological polar surface area (TPSA) is 82.3 Å². The van der Waals surface area contributed by atoms with Crippen LogP contribution in [0.1, 0.15) is 17.7 Å². The lowest BCUT2D eigenvalue weighted by Gasteiger charge is -2.08. The van der Waals surface area contributed by atoms with Crippen molar-refractivity contribution in [2.24, 2.45) is 0 Å². The van der Waals surface area contributed by atoms with E-state index in [0.717, 1.165) is 13.2 Å². The van der Waals surface area contributed by atoms with Gasteiger partial charge >= 0.3 is 11.7 Å². The van der Waals surface area contributed by atoms with Gasteiger partial charge in [0.1, 0.15) is 0 Å². The van der Waals surface area contributed by atoms with E-state index in [4.69, 9.17) is 0 Å². The molecule has 0 aliphatic heterocycles. The quantitative estimate of drug-likeness (QED) is 0.266. The first-order valence-corrected chi connectivity index (χ1v) is 5.63. The summed E-state index contributed by atoms with van der Waals surface area (Å²) in [7, 11) is 1.11. The number of esters is 1. The summed E-state index contributed by atoms with van der Waals surface area (Å²) < 4.78 is 29.8. The van der Waals surface area contributed by atoms with Crippen LogP contribution in [0.2, 0.25) is 0 Å². The van der Waals surface area contributed by atoms with Gasteiger partial charge in [0, 0.05) is 11.6 Å².